The molecule has 0 saturated heterocycles. The lowest BCUT2D eigenvalue weighted by atomic mass is 10.1. The number of benzene rings is 2. The lowest BCUT2D eigenvalue weighted by molar-refractivity contribution is -0.121. The van der Waals surface area contributed by atoms with E-state index in [1.165, 1.54) is 0 Å². The van der Waals surface area contributed by atoms with E-state index >= 15 is 0 Å². The number of H-pyrrole nitrogens is 1. The summed E-state index contributed by atoms with van der Waals surface area (Å²) in [5.74, 6) is -1.50. The number of fused-ring (bicyclic) bond motifs is 2. The fourth-order valence-electron chi connectivity index (χ4n) is 3.64. The predicted octanol–water partition coefficient (Wildman–Crippen LogP) is 2.06. The molecule has 7 nitrogen and oxygen atoms in total. The third-order valence-electron chi connectivity index (χ3n) is 5.03. The summed E-state index contributed by atoms with van der Waals surface area (Å²) >= 11 is 0. The highest BCUT2D eigenvalue weighted by atomic mass is 16.2. The van der Waals surface area contributed by atoms with Gasteiger partial charge in [-0.3, -0.25) is 24.1 Å². The Morgan fingerprint density at radius 3 is 2.31 bits per heavy atom. The van der Waals surface area contributed by atoms with E-state index in [0.717, 1.165) is 26.9 Å². The molecule has 2 heterocycles. The van der Waals surface area contributed by atoms with E-state index in [4.69, 9.17) is 0 Å². The predicted molar refractivity (Wildman–Crippen MR) is 108 cm³/mol. The molecule has 0 bridgehead atoms. The number of hydrogen-bond donors (Lipinski definition) is 2. The molecule has 0 radical (unpaired) electrons. The van der Waals surface area contributed by atoms with E-state index in [2.05, 4.69) is 10.3 Å². The molecule has 2 aromatic carbocycles. The number of amides is 3. The van der Waals surface area contributed by atoms with Crippen molar-refractivity contribution in [1.82, 2.24) is 15.2 Å². The van der Waals surface area contributed by atoms with Crippen LogP contribution in [-0.4, -0.2) is 34.2 Å². The standard InChI is InChI=1S/C22H19N3O4/c1-12-7-13(2)19-14(8-12)9-15(20(27)24-19)10-23-18(26)11-25-21(28)16-5-3-4-6-17(16)22(25)29/h3-9H,10-11H2,1-2H3,(H,23,26)(H,24,27). The minimum absolute atomic E-state index is 0.000263. The number of aryl methyl sites for hydroxylation is 2. The molecule has 0 saturated carbocycles. The summed E-state index contributed by atoms with van der Waals surface area (Å²) in [4.78, 5) is 53.2. The quantitative estimate of drug-likeness (QED) is 0.667. The van der Waals surface area contributed by atoms with Gasteiger partial charge in [-0.05, 0) is 49.1 Å². The Morgan fingerprint density at radius 1 is 1.00 bits per heavy atom. The van der Waals surface area contributed by atoms with Crippen LogP contribution in [0.2, 0.25) is 0 Å². The summed E-state index contributed by atoms with van der Waals surface area (Å²) in [5, 5.41) is 3.50. The Morgan fingerprint density at radius 2 is 1.66 bits per heavy atom. The summed E-state index contributed by atoms with van der Waals surface area (Å²) < 4.78 is 0. The SMILES string of the molecule is Cc1cc(C)c2[nH]c(=O)c(CNC(=O)CN3C(=O)c4ccccc4C3=O)cc2c1. The summed E-state index contributed by atoms with van der Waals surface area (Å²) in [6.45, 7) is 3.51. The van der Waals surface area contributed by atoms with Crippen LogP contribution in [0.3, 0.4) is 0 Å². The van der Waals surface area contributed by atoms with Crippen LogP contribution in [0.4, 0.5) is 0 Å². The summed E-state index contributed by atoms with van der Waals surface area (Å²) in [7, 11) is 0. The number of nitrogens with zero attached hydrogens (tertiary/aromatic N) is 1. The van der Waals surface area contributed by atoms with Gasteiger partial charge in [0.25, 0.3) is 17.4 Å². The molecule has 1 aliphatic heterocycles. The maximum atomic E-state index is 12.4. The largest absolute Gasteiger partial charge is 0.350 e. The van der Waals surface area contributed by atoms with Gasteiger partial charge in [0.2, 0.25) is 5.91 Å². The number of pyridine rings is 1. The van der Waals surface area contributed by atoms with Crippen LogP contribution < -0.4 is 10.9 Å². The number of aromatic nitrogens is 1. The van der Waals surface area contributed by atoms with Gasteiger partial charge in [-0.2, -0.15) is 0 Å². The van der Waals surface area contributed by atoms with Crippen molar-refractivity contribution < 1.29 is 14.4 Å². The zero-order valence-electron chi connectivity index (χ0n) is 16.0. The number of carbonyl (C=O) groups excluding carboxylic acids is 3. The molecule has 0 fully saturated rings. The van der Waals surface area contributed by atoms with Crippen LogP contribution in [0, 0.1) is 13.8 Å². The molecule has 4 rings (SSSR count). The molecule has 7 heteroatoms. The molecule has 1 aromatic heterocycles. The summed E-state index contributed by atoms with van der Waals surface area (Å²) in [6, 6.07) is 12.2. The van der Waals surface area contributed by atoms with Crippen molar-refractivity contribution in [3.63, 3.8) is 0 Å². The van der Waals surface area contributed by atoms with Gasteiger partial charge in [0.05, 0.1) is 16.6 Å². The van der Waals surface area contributed by atoms with Crippen LogP contribution >= 0.6 is 0 Å². The number of hydrogen-bond acceptors (Lipinski definition) is 4. The second-order valence-corrected chi connectivity index (χ2v) is 7.19. The average molecular weight is 389 g/mol. The van der Waals surface area contributed by atoms with E-state index in [0.29, 0.717) is 16.7 Å². The van der Waals surface area contributed by atoms with E-state index in [-0.39, 0.29) is 12.1 Å². The molecule has 146 valence electrons. The first-order chi connectivity index (χ1) is 13.8. The van der Waals surface area contributed by atoms with Gasteiger partial charge in [-0.15, -0.1) is 0 Å². The van der Waals surface area contributed by atoms with Crippen LogP contribution in [0.15, 0.2) is 47.3 Å². The summed E-state index contributed by atoms with van der Waals surface area (Å²) in [6.07, 6.45) is 0. The van der Waals surface area contributed by atoms with Crippen LogP contribution in [0.1, 0.15) is 37.4 Å². The van der Waals surface area contributed by atoms with E-state index in [1.54, 1.807) is 30.3 Å². The molecule has 29 heavy (non-hydrogen) atoms. The summed E-state index contributed by atoms with van der Waals surface area (Å²) in [5.41, 5.74) is 3.51. The van der Waals surface area contributed by atoms with Gasteiger partial charge in [0, 0.05) is 12.1 Å². The number of rotatable bonds is 4. The lowest BCUT2D eigenvalue weighted by Gasteiger charge is -2.14. The highest BCUT2D eigenvalue weighted by molar-refractivity contribution is 6.22. The van der Waals surface area contributed by atoms with Crippen molar-refractivity contribution in [2.24, 2.45) is 0 Å². The zero-order valence-corrected chi connectivity index (χ0v) is 16.0. The highest BCUT2D eigenvalue weighted by Gasteiger charge is 2.36. The van der Waals surface area contributed by atoms with Crippen molar-refractivity contribution in [1.29, 1.82) is 0 Å². The third-order valence-corrected chi connectivity index (χ3v) is 5.03. The second-order valence-electron chi connectivity index (χ2n) is 7.19. The smallest absolute Gasteiger partial charge is 0.262 e. The van der Waals surface area contributed by atoms with Crippen molar-refractivity contribution in [3.05, 3.63) is 80.6 Å². The van der Waals surface area contributed by atoms with E-state index in [9.17, 15) is 19.2 Å². The highest BCUT2D eigenvalue weighted by Crippen LogP contribution is 2.22. The topological polar surface area (TPSA) is 99.3 Å². The van der Waals surface area contributed by atoms with Gasteiger partial charge < -0.3 is 10.3 Å². The van der Waals surface area contributed by atoms with Gasteiger partial charge >= 0.3 is 0 Å². The second kappa shape index (κ2) is 7.01. The van der Waals surface area contributed by atoms with Crippen LogP contribution in [0.5, 0.6) is 0 Å². The minimum atomic E-state index is -0.514. The third kappa shape index (κ3) is 3.31. The Kier molecular flexibility index (Phi) is 4.50. The Hall–Kier alpha value is -3.74. The first-order valence-electron chi connectivity index (χ1n) is 9.20. The molecule has 3 amide bonds. The number of nitrogens with one attached hydrogen (secondary N) is 2. The average Bonchev–Trinajstić information content (AvgIpc) is 2.92. The molecule has 3 aromatic rings. The molecule has 2 N–H and O–H groups in total. The molecule has 0 spiro atoms. The van der Waals surface area contributed by atoms with Gasteiger partial charge in [0.1, 0.15) is 6.54 Å². The minimum Gasteiger partial charge on any atom is -0.350 e. The zero-order chi connectivity index (χ0) is 20.7. The van der Waals surface area contributed by atoms with E-state index < -0.39 is 24.3 Å². The maximum Gasteiger partial charge on any atom is 0.262 e. The monoisotopic (exact) mass is 389 g/mol. The normalized spacial score (nSPS) is 13.1. The Balaban J connectivity index is 1.48. The van der Waals surface area contributed by atoms with Crippen molar-refractivity contribution in [2.75, 3.05) is 6.54 Å². The molecule has 0 aliphatic carbocycles. The van der Waals surface area contributed by atoms with Crippen molar-refractivity contribution >= 4 is 28.6 Å². The van der Waals surface area contributed by atoms with Crippen molar-refractivity contribution in [2.45, 2.75) is 20.4 Å². The first kappa shape index (κ1) is 18.6. The first-order valence-corrected chi connectivity index (χ1v) is 9.20. The van der Waals surface area contributed by atoms with Crippen LogP contribution in [-0.2, 0) is 11.3 Å². The molecule has 0 atom stereocenters. The number of imide groups is 1. The lowest BCUT2D eigenvalue weighted by Crippen LogP contribution is -2.40. The molecule has 1 aliphatic rings. The molecule has 0 unspecified atom stereocenters. The Labute approximate surface area is 166 Å². The van der Waals surface area contributed by atoms with Crippen LogP contribution in [0.25, 0.3) is 10.9 Å². The van der Waals surface area contributed by atoms with Gasteiger partial charge in [-0.25, -0.2) is 0 Å². The Bertz CT molecular complexity index is 1210. The molecular weight excluding hydrogens is 370 g/mol. The molecular formula is C22H19N3O4. The van der Waals surface area contributed by atoms with Gasteiger partial charge in [-0.1, -0.05) is 23.8 Å². The fraction of sp³-hybridized carbons (Fsp3) is 0.182. The van der Waals surface area contributed by atoms with Gasteiger partial charge in [0.15, 0.2) is 0 Å². The number of aromatic amines is 1. The van der Waals surface area contributed by atoms with Crippen molar-refractivity contribution in [3.8, 4) is 0 Å². The fourth-order valence-corrected chi connectivity index (χ4v) is 3.64. The number of carbonyl (C=O) groups is 3. The van der Waals surface area contributed by atoms with E-state index in [1.807, 2.05) is 26.0 Å². The maximum absolute atomic E-state index is 12.4.